The molecule has 0 aliphatic carbocycles. The zero-order valence-corrected chi connectivity index (χ0v) is 18.5. The molecule has 0 aromatic heterocycles. The fourth-order valence-electron chi connectivity index (χ4n) is 3.63. The van der Waals surface area contributed by atoms with E-state index in [0.717, 1.165) is 30.6 Å². The Labute approximate surface area is 178 Å². The Morgan fingerprint density at radius 1 is 1.17 bits per heavy atom. The molecule has 1 heterocycles. The fraction of sp³-hybridized carbons (Fsp3) is 0.409. The van der Waals surface area contributed by atoms with E-state index >= 15 is 0 Å². The Kier molecular flexibility index (Phi) is 6.99. The number of anilines is 3. The molecule has 1 fully saturated rings. The van der Waals surface area contributed by atoms with Crippen molar-refractivity contribution >= 4 is 33.0 Å². The number of hydrogen-bond donors (Lipinski definition) is 1. The van der Waals surface area contributed by atoms with Crippen molar-refractivity contribution in [1.29, 1.82) is 0 Å². The zero-order valence-electron chi connectivity index (χ0n) is 17.7. The standard InChI is InChI=1S/C22H29N3O4S/c1-4-21(25(30(3,27)28)20-7-5-6-17(2)16-20)22(26)23-18-8-10-19(11-9-18)24-12-14-29-15-13-24/h5-11,16,21H,4,12-15H2,1-3H3,(H,23,26). The molecular weight excluding hydrogens is 402 g/mol. The van der Waals surface area contributed by atoms with E-state index < -0.39 is 16.1 Å². The van der Waals surface area contributed by atoms with Crippen molar-refractivity contribution in [2.24, 2.45) is 0 Å². The predicted octanol–water partition coefficient (Wildman–Crippen LogP) is 3.01. The summed E-state index contributed by atoms with van der Waals surface area (Å²) in [5, 5.41) is 2.87. The highest BCUT2D eigenvalue weighted by atomic mass is 32.2. The van der Waals surface area contributed by atoms with Gasteiger partial charge in [-0.1, -0.05) is 19.1 Å². The number of nitrogens with zero attached hydrogens (tertiary/aromatic N) is 2. The fourth-order valence-corrected chi connectivity index (χ4v) is 4.83. The Morgan fingerprint density at radius 3 is 2.40 bits per heavy atom. The average Bonchev–Trinajstić information content (AvgIpc) is 2.72. The first-order valence-electron chi connectivity index (χ1n) is 10.1. The number of carbonyl (C=O) groups is 1. The average molecular weight is 432 g/mol. The quantitative estimate of drug-likeness (QED) is 0.729. The van der Waals surface area contributed by atoms with Crippen LogP contribution < -0.4 is 14.5 Å². The third kappa shape index (κ3) is 5.31. The van der Waals surface area contributed by atoms with Crippen LogP contribution in [0.5, 0.6) is 0 Å². The number of ether oxygens (including phenoxy) is 1. The van der Waals surface area contributed by atoms with E-state index in [0.29, 0.717) is 31.0 Å². The summed E-state index contributed by atoms with van der Waals surface area (Å²) in [6.07, 6.45) is 1.47. The van der Waals surface area contributed by atoms with Crippen LogP contribution in [0.3, 0.4) is 0 Å². The Bertz CT molecular complexity index is 970. The van der Waals surface area contributed by atoms with Gasteiger partial charge in [-0.25, -0.2) is 8.42 Å². The molecule has 1 atom stereocenters. The van der Waals surface area contributed by atoms with E-state index in [1.807, 2.05) is 37.3 Å². The summed E-state index contributed by atoms with van der Waals surface area (Å²) in [6, 6.07) is 13.9. The van der Waals surface area contributed by atoms with Crippen LogP contribution in [0, 0.1) is 6.92 Å². The molecule has 1 unspecified atom stereocenters. The van der Waals surface area contributed by atoms with Crippen LogP contribution in [0.4, 0.5) is 17.1 Å². The first-order valence-corrected chi connectivity index (χ1v) is 11.9. The van der Waals surface area contributed by atoms with Crippen molar-refractivity contribution in [2.45, 2.75) is 26.3 Å². The van der Waals surface area contributed by atoms with Gasteiger partial charge in [0.1, 0.15) is 6.04 Å². The van der Waals surface area contributed by atoms with Gasteiger partial charge >= 0.3 is 0 Å². The molecule has 1 saturated heterocycles. The summed E-state index contributed by atoms with van der Waals surface area (Å²) in [4.78, 5) is 15.3. The van der Waals surface area contributed by atoms with Crippen LogP contribution in [0.15, 0.2) is 48.5 Å². The number of rotatable bonds is 7. The number of sulfonamides is 1. The van der Waals surface area contributed by atoms with Gasteiger partial charge in [-0.15, -0.1) is 0 Å². The van der Waals surface area contributed by atoms with Gasteiger partial charge in [0.2, 0.25) is 15.9 Å². The predicted molar refractivity (Wildman–Crippen MR) is 121 cm³/mol. The van der Waals surface area contributed by atoms with E-state index in [2.05, 4.69) is 10.2 Å². The van der Waals surface area contributed by atoms with Crippen molar-refractivity contribution in [1.82, 2.24) is 0 Å². The molecule has 1 aliphatic rings. The number of aryl methyl sites for hydroxylation is 1. The van der Waals surface area contributed by atoms with Crippen LogP contribution in [0.25, 0.3) is 0 Å². The molecule has 8 heteroatoms. The molecule has 0 bridgehead atoms. The number of carbonyl (C=O) groups excluding carboxylic acids is 1. The van der Waals surface area contributed by atoms with E-state index in [1.54, 1.807) is 25.1 Å². The molecule has 162 valence electrons. The molecule has 1 aliphatic heterocycles. The summed E-state index contributed by atoms with van der Waals surface area (Å²) in [5.74, 6) is -0.358. The first-order chi connectivity index (χ1) is 14.3. The van der Waals surface area contributed by atoms with Gasteiger partial charge < -0.3 is 15.0 Å². The summed E-state index contributed by atoms with van der Waals surface area (Å²) >= 11 is 0. The van der Waals surface area contributed by atoms with Gasteiger partial charge in [0.25, 0.3) is 0 Å². The first kappa shape index (κ1) is 22.1. The third-order valence-corrected chi connectivity index (χ3v) is 6.28. The van der Waals surface area contributed by atoms with Crippen molar-refractivity contribution in [3.63, 3.8) is 0 Å². The summed E-state index contributed by atoms with van der Waals surface area (Å²) < 4.78 is 31.7. The van der Waals surface area contributed by atoms with Crippen molar-refractivity contribution in [2.75, 3.05) is 47.1 Å². The Balaban J connectivity index is 1.79. The molecular formula is C22H29N3O4S. The molecule has 30 heavy (non-hydrogen) atoms. The Morgan fingerprint density at radius 2 is 1.83 bits per heavy atom. The number of benzene rings is 2. The molecule has 0 radical (unpaired) electrons. The molecule has 7 nitrogen and oxygen atoms in total. The van der Waals surface area contributed by atoms with E-state index in [1.165, 1.54) is 4.31 Å². The molecule has 1 N–H and O–H groups in total. The molecule has 0 spiro atoms. The molecule has 1 amide bonds. The van der Waals surface area contributed by atoms with Crippen molar-refractivity contribution < 1.29 is 17.9 Å². The smallest absolute Gasteiger partial charge is 0.248 e. The highest BCUT2D eigenvalue weighted by molar-refractivity contribution is 7.92. The Hall–Kier alpha value is -2.58. The molecule has 3 rings (SSSR count). The van der Waals surface area contributed by atoms with E-state index in [-0.39, 0.29) is 5.91 Å². The van der Waals surface area contributed by atoms with Gasteiger partial charge in [0, 0.05) is 24.5 Å². The van der Waals surface area contributed by atoms with Crippen LogP contribution in [0.2, 0.25) is 0 Å². The maximum atomic E-state index is 13.0. The number of morpholine rings is 1. The summed E-state index contributed by atoms with van der Waals surface area (Å²) in [6.45, 7) is 6.78. The third-order valence-electron chi connectivity index (χ3n) is 5.10. The second-order valence-corrected chi connectivity index (χ2v) is 9.32. The molecule has 0 saturated carbocycles. The second-order valence-electron chi connectivity index (χ2n) is 7.46. The lowest BCUT2D eigenvalue weighted by atomic mass is 10.1. The zero-order chi connectivity index (χ0) is 21.7. The second kappa shape index (κ2) is 9.49. The van der Waals surface area contributed by atoms with Gasteiger partial charge in [-0.05, 0) is 55.3 Å². The molecule has 2 aromatic carbocycles. The lowest BCUT2D eigenvalue weighted by molar-refractivity contribution is -0.117. The van der Waals surface area contributed by atoms with Gasteiger partial charge in [-0.3, -0.25) is 9.10 Å². The summed E-state index contributed by atoms with van der Waals surface area (Å²) in [7, 11) is -3.65. The minimum atomic E-state index is -3.65. The summed E-state index contributed by atoms with van der Waals surface area (Å²) in [5.41, 5.74) is 3.12. The van der Waals surface area contributed by atoms with E-state index in [4.69, 9.17) is 4.74 Å². The van der Waals surface area contributed by atoms with Gasteiger partial charge in [-0.2, -0.15) is 0 Å². The van der Waals surface area contributed by atoms with Gasteiger partial charge in [0.15, 0.2) is 0 Å². The maximum absolute atomic E-state index is 13.0. The van der Waals surface area contributed by atoms with Crippen LogP contribution in [-0.2, 0) is 19.6 Å². The minimum Gasteiger partial charge on any atom is -0.378 e. The van der Waals surface area contributed by atoms with Crippen molar-refractivity contribution in [3.05, 3.63) is 54.1 Å². The minimum absolute atomic E-state index is 0.346. The van der Waals surface area contributed by atoms with Crippen LogP contribution in [0.1, 0.15) is 18.9 Å². The topological polar surface area (TPSA) is 79.0 Å². The van der Waals surface area contributed by atoms with Crippen LogP contribution in [-0.4, -0.2) is 52.9 Å². The largest absolute Gasteiger partial charge is 0.378 e. The molecule has 2 aromatic rings. The maximum Gasteiger partial charge on any atom is 0.248 e. The van der Waals surface area contributed by atoms with Crippen molar-refractivity contribution in [3.8, 4) is 0 Å². The highest BCUT2D eigenvalue weighted by Gasteiger charge is 2.31. The lowest BCUT2D eigenvalue weighted by Crippen LogP contribution is -2.47. The van der Waals surface area contributed by atoms with Gasteiger partial charge in [0.05, 0.1) is 25.2 Å². The normalized spacial score (nSPS) is 15.5. The lowest BCUT2D eigenvalue weighted by Gasteiger charge is -2.30. The highest BCUT2D eigenvalue weighted by Crippen LogP contribution is 2.25. The monoisotopic (exact) mass is 431 g/mol. The van der Waals surface area contributed by atoms with Crippen LogP contribution >= 0.6 is 0 Å². The number of nitrogens with one attached hydrogen (secondary N) is 1. The SMILES string of the molecule is CCC(C(=O)Nc1ccc(N2CCOCC2)cc1)N(c1cccc(C)c1)S(C)(=O)=O. The number of hydrogen-bond acceptors (Lipinski definition) is 5. The van der Waals surface area contributed by atoms with E-state index in [9.17, 15) is 13.2 Å². The number of amides is 1.